The van der Waals surface area contributed by atoms with Crippen LogP contribution >= 0.6 is 15.9 Å². The fourth-order valence-electron chi connectivity index (χ4n) is 1.19. The van der Waals surface area contributed by atoms with E-state index >= 15 is 0 Å². The summed E-state index contributed by atoms with van der Waals surface area (Å²) in [6, 6.07) is 4.32. The first-order valence-corrected chi connectivity index (χ1v) is 5.79. The number of halogens is 2. The molecule has 16 heavy (non-hydrogen) atoms. The summed E-state index contributed by atoms with van der Waals surface area (Å²) in [4.78, 5) is 0. The van der Waals surface area contributed by atoms with Gasteiger partial charge >= 0.3 is 0 Å². The summed E-state index contributed by atoms with van der Waals surface area (Å²) in [6.07, 6.45) is 2.18. The first-order valence-electron chi connectivity index (χ1n) is 5.00. The average molecular weight is 289 g/mol. The number of rotatable bonds is 6. The topological polar surface area (TPSA) is 59.1 Å². The van der Waals surface area contributed by atoms with Gasteiger partial charge in [-0.3, -0.25) is 5.41 Å². The molecule has 0 atom stereocenters. The minimum atomic E-state index is -0.318. The van der Waals surface area contributed by atoms with Gasteiger partial charge in [0.2, 0.25) is 0 Å². The second kappa shape index (κ2) is 6.48. The van der Waals surface area contributed by atoms with Crippen molar-refractivity contribution in [3.05, 3.63) is 28.5 Å². The van der Waals surface area contributed by atoms with Gasteiger partial charge in [0.15, 0.2) is 0 Å². The van der Waals surface area contributed by atoms with Crippen molar-refractivity contribution in [2.45, 2.75) is 19.3 Å². The smallest absolute Gasteiger partial charge is 0.136 e. The Morgan fingerprint density at radius 1 is 1.44 bits per heavy atom. The van der Waals surface area contributed by atoms with Crippen LogP contribution in [0.25, 0.3) is 0 Å². The number of nitrogens with two attached hydrogens (primary N) is 1. The molecule has 0 fully saturated rings. The Labute approximate surface area is 102 Å². The van der Waals surface area contributed by atoms with Crippen molar-refractivity contribution in [1.82, 2.24) is 0 Å². The fraction of sp³-hybridized carbons (Fsp3) is 0.364. The van der Waals surface area contributed by atoms with Crippen molar-refractivity contribution < 1.29 is 9.13 Å². The normalized spacial score (nSPS) is 10.1. The molecule has 5 heteroatoms. The molecular formula is C11H14BrFN2O. The molecule has 3 N–H and O–H groups in total. The van der Waals surface area contributed by atoms with Crippen LogP contribution in [0.5, 0.6) is 5.75 Å². The molecule has 0 spiro atoms. The molecule has 0 radical (unpaired) electrons. The summed E-state index contributed by atoms with van der Waals surface area (Å²) in [7, 11) is 0. The molecule has 1 rings (SSSR count). The van der Waals surface area contributed by atoms with Gasteiger partial charge in [0.05, 0.1) is 16.9 Å². The fourth-order valence-corrected chi connectivity index (χ4v) is 1.55. The van der Waals surface area contributed by atoms with Gasteiger partial charge < -0.3 is 10.5 Å². The van der Waals surface area contributed by atoms with Crippen LogP contribution in [0.15, 0.2) is 22.7 Å². The molecule has 0 amide bonds. The van der Waals surface area contributed by atoms with Crippen molar-refractivity contribution in [3.63, 3.8) is 0 Å². The number of ether oxygens (including phenoxy) is 1. The summed E-state index contributed by atoms with van der Waals surface area (Å²) in [6.45, 7) is 0.495. The molecule has 1 aromatic rings. The number of amidine groups is 1. The second-order valence-electron chi connectivity index (χ2n) is 3.41. The van der Waals surface area contributed by atoms with E-state index in [-0.39, 0.29) is 11.7 Å². The second-order valence-corrected chi connectivity index (χ2v) is 4.26. The molecule has 3 nitrogen and oxygen atoms in total. The van der Waals surface area contributed by atoms with Gasteiger partial charge in [-0.2, -0.15) is 0 Å². The molecule has 0 bridgehead atoms. The standard InChI is InChI=1S/C11H14BrFN2O/c12-9-5-4-8(13)7-10(9)16-6-2-1-3-11(14)15/h4-5,7H,1-3,6H2,(H3,14,15). The largest absolute Gasteiger partial charge is 0.492 e. The lowest BCUT2D eigenvalue weighted by Crippen LogP contribution is -2.09. The summed E-state index contributed by atoms with van der Waals surface area (Å²) >= 11 is 3.28. The van der Waals surface area contributed by atoms with Gasteiger partial charge in [0.25, 0.3) is 0 Å². The molecule has 0 heterocycles. The van der Waals surface area contributed by atoms with Crippen LogP contribution in [0.3, 0.4) is 0 Å². The molecule has 0 aliphatic heterocycles. The Bertz CT molecular complexity index is 371. The first kappa shape index (κ1) is 13.0. The molecule has 0 aromatic heterocycles. The third kappa shape index (κ3) is 4.61. The highest BCUT2D eigenvalue weighted by molar-refractivity contribution is 9.10. The van der Waals surface area contributed by atoms with Crippen molar-refractivity contribution in [2.24, 2.45) is 5.73 Å². The monoisotopic (exact) mass is 288 g/mol. The highest BCUT2D eigenvalue weighted by Gasteiger charge is 2.02. The summed E-state index contributed by atoms with van der Waals surface area (Å²) in [5, 5.41) is 7.04. The first-order chi connectivity index (χ1) is 7.59. The maximum absolute atomic E-state index is 12.9. The van der Waals surface area contributed by atoms with E-state index in [1.165, 1.54) is 12.1 Å². The Balaban J connectivity index is 2.31. The summed E-state index contributed by atoms with van der Waals surface area (Å²) in [5.41, 5.74) is 5.22. The van der Waals surface area contributed by atoms with Gasteiger partial charge in [-0.1, -0.05) is 0 Å². The molecule has 1 aromatic carbocycles. The summed E-state index contributed by atoms with van der Waals surface area (Å²) < 4.78 is 19.0. The lowest BCUT2D eigenvalue weighted by Gasteiger charge is -2.07. The highest BCUT2D eigenvalue weighted by Crippen LogP contribution is 2.25. The van der Waals surface area contributed by atoms with Crippen LogP contribution in [0.4, 0.5) is 4.39 Å². The number of hydrogen-bond donors (Lipinski definition) is 2. The predicted octanol–water partition coefficient (Wildman–Crippen LogP) is 3.07. The van der Waals surface area contributed by atoms with Gasteiger partial charge in [-0.25, -0.2) is 4.39 Å². The minimum absolute atomic E-state index is 0.187. The van der Waals surface area contributed by atoms with E-state index in [2.05, 4.69) is 15.9 Å². The van der Waals surface area contributed by atoms with Gasteiger partial charge in [-0.15, -0.1) is 0 Å². The molecule has 0 unspecified atom stereocenters. The molecule has 88 valence electrons. The van der Waals surface area contributed by atoms with E-state index in [4.69, 9.17) is 15.9 Å². The van der Waals surface area contributed by atoms with Gasteiger partial charge in [0, 0.05) is 12.5 Å². The van der Waals surface area contributed by atoms with E-state index in [1.54, 1.807) is 6.07 Å². The Hall–Kier alpha value is -1.10. The molecular weight excluding hydrogens is 275 g/mol. The maximum Gasteiger partial charge on any atom is 0.136 e. The van der Waals surface area contributed by atoms with Crippen molar-refractivity contribution >= 4 is 21.8 Å². The molecule has 0 saturated carbocycles. The van der Waals surface area contributed by atoms with E-state index < -0.39 is 0 Å². The maximum atomic E-state index is 12.9. The van der Waals surface area contributed by atoms with Crippen molar-refractivity contribution in [2.75, 3.05) is 6.61 Å². The van der Waals surface area contributed by atoms with Crippen LogP contribution in [0, 0.1) is 11.2 Å². The highest BCUT2D eigenvalue weighted by atomic mass is 79.9. The number of benzene rings is 1. The van der Waals surface area contributed by atoms with E-state index in [0.29, 0.717) is 18.8 Å². The van der Waals surface area contributed by atoms with Gasteiger partial charge in [-0.05, 0) is 40.9 Å². The third-order valence-corrected chi connectivity index (χ3v) is 2.65. The number of unbranched alkanes of at least 4 members (excludes halogenated alkanes) is 1. The third-order valence-electron chi connectivity index (χ3n) is 1.99. The Morgan fingerprint density at radius 2 is 2.19 bits per heavy atom. The average Bonchev–Trinajstić information content (AvgIpc) is 2.22. The number of hydrogen-bond acceptors (Lipinski definition) is 2. The quantitative estimate of drug-likeness (QED) is 0.480. The zero-order valence-electron chi connectivity index (χ0n) is 8.80. The van der Waals surface area contributed by atoms with Gasteiger partial charge in [0.1, 0.15) is 11.6 Å². The van der Waals surface area contributed by atoms with E-state index in [0.717, 1.165) is 17.3 Å². The van der Waals surface area contributed by atoms with Crippen molar-refractivity contribution in [1.29, 1.82) is 5.41 Å². The zero-order valence-corrected chi connectivity index (χ0v) is 10.4. The molecule has 0 aliphatic carbocycles. The van der Waals surface area contributed by atoms with Crippen LogP contribution in [-0.2, 0) is 0 Å². The Kier molecular flexibility index (Phi) is 5.25. The van der Waals surface area contributed by atoms with E-state index in [9.17, 15) is 4.39 Å². The minimum Gasteiger partial charge on any atom is -0.492 e. The predicted molar refractivity (Wildman–Crippen MR) is 65.4 cm³/mol. The molecule has 0 saturated heterocycles. The van der Waals surface area contributed by atoms with Crippen LogP contribution in [0.1, 0.15) is 19.3 Å². The zero-order chi connectivity index (χ0) is 12.0. The SMILES string of the molecule is N=C(N)CCCCOc1cc(F)ccc1Br. The van der Waals surface area contributed by atoms with E-state index in [1.807, 2.05) is 0 Å². The van der Waals surface area contributed by atoms with Crippen LogP contribution in [0.2, 0.25) is 0 Å². The van der Waals surface area contributed by atoms with Crippen molar-refractivity contribution in [3.8, 4) is 5.75 Å². The lowest BCUT2D eigenvalue weighted by molar-refractivity contribution is 0.304. The summed E-state index contributed by atoms with van der Waals surface area (Å²) in [5.74, 6) is 0.372. The number of nitrogens with one attached hydrogen (secondary N) is 1. The van der Waals surface area contributed by atoms with Crippen LogP contribution < -0.4 is 10.5 Å². The lowest BCUT2D eigenvalue weighted by atomic mass is 10.2. The van der Waals surface area contributed by atoms with Crippen LogP contribution in [-0.4, -0.2) is 12.4 Å². The Morgan fingerprint density at radius 3 is 2.88 bits per heavy atom. The molecule has 0 aliphatic rings.